The summed E-state index contributed by atoms with van der Waals surface area (Å²) in [5.74, 6) is 0.129. The van der Waals surface area contributed by atoms with Gasteiger partial charge in [0.05, 0.1) is 5.69 Å². The van der Waals surface area contributed by atoms with Gasteiger partial charge in [-0.3, -0.25) is 4.79 Å². The van der Waals surface area contributed by atoms with E-state index in [-0.39, 0.29) is 11.7 Å². The van der Waals surface area contributed by atoms with Gasteiger partial charge in [0.25, 0.3) is 5.91 Å². The summed E-state index contributed by atoms with van der Waals surface area (Å²) in [6.07, 6.45) is 1.99. The molecule has 3 aromatic rings. The molecule has 3 rings (SSSR count). The number of unbranched alkanes of at least 4 members (excludes halogenated alkanes) is 1. The highest BCUT2D eigenvalue weighted by Gasteiger charge is 2.07. The van der Waals surface area contributed by atoms with E-state index in [1.165, 1.54) is 12.1 Å². The number of anilines is 2. The summed E-state index contributed by atoms with van der Waals surface area (Å²) in [6, 6.07) is 16.9. The van der Waals surface area contributed by atoms with E-state index in [9.17, 15) is 9.18 Å². The van der Waals surface area contributed by atoms with E-state index in [1.54, 1.807) is 36.4 Å². The number of benzene rings is 2. The smallest absolute Gasteiger partial charge is 0.251 e. The van der Waals surface area contributed by atoms with Crippen LogP contribution < -0.4 is 10.6 Å². The van der Waals surface area contributed by atoms with Gasteiger partial charge < -0.3 is 10.6 Å². The van der Waals surface area contributed by atoms with Gasteiger partial charge >= 0.3 is 0 Å². The summed E-state index contributed by atoms with van der Waals surface area (Å²) < 4.78 is 13.3. The molecular weight excluding hydrogens is 343 g/mol. The van der Waals surface area contributed by atoms with Gasteiger partial charge in [0.2, 0.25) is 0 Å². The third-order valence-corrected chi connectivity index (χ3v) is 4.00. The van der Waals surface area contributed by atoms with Gasteiger partial charge in [-0.2, -0.15) is 0 Å². The maximum atomic E-state index is 13.3. The third-order valence-electron chi connectivity index (χ3n) is 4.00. The molecule has 0 aliphatic heterocycles. The molecule has 5 nitrogen and oxygen atoms in total. The van der Waals surface area contributed by atoms with Crippen LogP contribution in [0, 0.1) is 5.82 Å². The van der Waals surface area contributed by atoms with Crippen LogP contribution in [0.25, 0.3) is 11.3 Å². The number of nitrogens with zero attached hydrogens (tertiary/aromatic N) is 2. The zero-order valence-electron chi connectivity index (χ0n) is 15.1. The molecule has 1 heterocycles. The monoisotopic (exact) mass is 364 g/mol. The highest BCUT2D eigenvalue weighted by Crippen LogP contribution is 2.20. The molecule has 0 aliphatic rings. The van der Waals surface area contributed by atoms with Crippen molar-refractivity contribution in [2.45, 2.75) is 19.8 Å². The summed E-state index contributed by atoms with van der Waals surface area (Å²) in [5, 5.41) is 14.3. The van der Waals surface area contributed by atoms with Crippen molar-refractivity contribution in [1.82, 2.24) is 15.5 Å². The molecule has 0 aliphatic carbocycles. The molecular formula is C21H21FN4O. The minimum Gasteiger partial charge on any atom is -0.352 e. The van der Waals surface area contributed by atoms with Crippen LogP contribution in [-0.2, 0) is 0 Å². The molecule has 0 atom stereocenters. The molecule has 27 heavy (non-hydrogen) atoms. The molecule has 0 bridgehead atoms. The molecule has 2 N–H and O–H groups in total. The molecule has 0 unspecified atom stereocenters. The second-order valence-corrected chi connectivity index (χ2v) is 6.13. The van der Waals surface area contributed by atoms with Crippen LogP contribution in [0.3, 0.4) is 0 Å². The molecule has 0 saturated heterocycles. The molecule has 1 aromatic heterocycles. The van der Waals surface area contributed by atoms with Crippen LogP contribution in [-0.4, -0.2) is 22.6 Å². The summed E-state index contributed by atoms with van der Waals surface area (Å²) in [6.45, 7) is 2.75. The number of carbonyl (C=O) groups is 1. The van der Waals surface area contributed by atoms with E-state index < -0.39 is 0 Å². The summed E-state index contributed by atoms with van der Waals surface area (Å²) in [5.41, 5.74) is 2.58. The number of amides is 1. The number of nitrogens with one attached hydrogen (secondary N) is 2. The lowest BCUT2D eigenvalue weighted by Crippen LogP contribution is -2.24. The summed E-state index contributed by atoms with van der Waals surface area (Å²) in [4.78, 5) is 12.2. The van der Waals surface area contributed by atoms with Crippen LogP contribution in [0.15, 0.2) is 60.7 Å². The number of hydrogen-bond donors (Lipinski definition) is 2. The number of hydrogen-bond acceptors (Lipinski definition) is 4. The Hall–Kier alpha value is -3.28. The third kappa shape index (κ3) is 5.10. The van der Waals surface area contributed by atoms with Crippen LogP contribution in [0.4, 0.5) is 15.9 Å². The van der Waals surface area contributed by atoms with Crippen molar-refractivity contribution < 1.29 is 9.18 Å². The van der Waals surface area contributed by atoms with Crippen LogP contribution >= 0.6 is 0 Å². The van der Waals surface area contributed by atoms with E-state index in [1.807, 2.05) is 12.1 Å². The van der Waals surface area contributed by atoms with E-state index >= 15 is 0 Å². The SMILES string of the molecule is CCCCNC(=O)c1cccc(Nc2ccc(-c3cccc(F)c3)nn2)c1. The first kappa shape index (κ1) is 18.5. The summed E-state index contributed by atoms with van der Waals surface area (Å²) >= 11 is 0. The molecule has 0 radical (unpaired) electrons. The Morgan fingerprint density at radius 3 is 2.63 bits per heavy atom. The molecule has 138 valence electrons. The normalized spacial score (nSPS) is 10.4. The Morgan fingerprint density at radius 1 is 1.04 bits per heavy atom. The first-order chi connectivity index (χ1) is 13.2. The Balaban J connectivity index is 1.68. The minimum absolute atomic E-state index is 0.0976. The largest absolute Gasteiger partial charge is 0.352 e. The lowest BCUT2D eigenvalue weighted by atomic mass is 10.1. The fourth-order valence-electron chi connectivity index (χ4n) is 2.57. The van der Waals surface area contributed by atoms with Gasteiger partial charge in [-0.15, -0.1) is 10.2 Å². The van der Waals surface area contributed by atoms with Gasteiger partial charge in [0, 0.05) is 23.4 Å². The Kier molecular flexibility index (Phi) is 6.10. The predicted octanol–water partition coefficient (Wildman–Crippen LogP) is 4.56. The fraction of sp³-hybridized carbons (Fsp3) is 0.190. The Morgan fingerprint density at radius 2 is 1.89 bits per heavy atom. The van der Waals surface area contributed by atoms with Crippen molar-refractivity contribution in [1.29, 1.82) is 0 Å². The van der Waals surface area contributed by atoms with E-state index in [4.69, 9.17) is 0 Å². The first-order valence-corrected chi connectivity index (χ1v) is 8.90. The molecule has 6 heteroatoms. The Bertz CT molecular complexity index is 912. The lowest BCUT2D eigenvalue weighted by Gasteiger charge is -2.08. The van der Waals surface area contributed by atoms with Crippen molar-refractivity contribution in [3.8, 4) is 11.3 Å². The lowest BCUT2D eigenvalue weighted by molar-refractivity contribution is 0.0953. The van der Waals surface area contributed by atoms with E-state index in [0.29, 0.717) is 29.2 Å². The number of rotatable bonds is 7. The zero-order valence-corrected chi connectivity index (χ0v) is 15.1. The molecule has 0 spiro atoms. The highest BCUT2D eigenvalue weighted by atomic mass is 19.1. The van der Waals surface area contributed by atoms with Crippen LogP contribution in [0.2, 0.25) is 0 Å². The summed E-state index contributed by atoms with van der Waals surface area (Å²) in [7, 11) is 0. The van der Waals surface area contributed by atoms with Crippen molar-refractivity contribution in [3.05, 3.63) is 72.0 Å². The highest BCUT2D eigenvalue weighted by molar-refractivity contribution is 5.95. The van der Waals surface area contributed by atoms with E-state index in [2.05, 4.69) is 27.8 Å². The van der Waals surface area contributed by atoms with Gasteiger partial charge in [-0.1, -0.05) is 31.5 Å². The first-order valence-electron chi connectivity index (χ1n) is 8.90. The molecule has 2 aromatic carbocycles. The van der Waals surface area contributed by atoms with E-state index in [0.717, 1.165) is 18.5 Å². The zero-order chi connectivity index (χ0) is 19.1. The van der Waals surface area contributed by atoms with Gasteiger partial charge in [0.15, 0.2) is 5.82 Å². The Labute approximate surface area is 157 Å². The second-order valence-electron chi connectivity index (χ2n) is 6.13. The topological polar surface area (TPSA) is 66.9 Å². The second kappa shape index (κ2) is 8.89. The van der Waals surface area contributed by atoms with Crippen LogP contribution in [0.1, 0.15) is 30.1 Å². The van der Waals surface area contributed by atoms with Crippen molar-refractivity contribution in [2.75, 3.05) is 11.9 Å². The van der Waals surface area contributed by atoms with Crippen molar-refractivity contribution >= 4 is 17.4 Å². The average Bonchev–Trinajstić information content (AvgIpc) is 2.69. The van der Waals surface area contributed by atoms with Gasteiger partial charge in [-0.25, -0.2) is 4.39 Å². The number of carbonyl (C=O) groups excluding carboxylic acids is 1. The maximum Gasteiger partial charge on any atom is 0.251 e. The average molecular weight is 364 g/mol. The number of aromatic nitrogens is 2. The maximum absolute atomic E-state index is 13.3. The van der Waals surface area contributed by atoms with Crippen molar-refractivity contribution in [2.24, 2.45) is 0 Å². The standard InChI is InChI=1S/C21H21FN4O/c1-2-3-12-23-21(27)16-7-5-9-18(14-16)24-20-11-10-19(25-26-20)15-6-4-8-17(22)13-15/h4-11,13-14H,2-3,12H2,1H3,(H,23,27)(H,24,26). The van der Waals surface area contributed by atoms with Gasteiger partial charge in [-0.05, 0) is 48.9 Å². The predicted molar refractivity (Wildman–Crippen MR) is 104 cm³/mol. The molecule has 0 fully saturated rings. The fourth-order valence-corrected chi connectivity index (χ4v) is 2.57. The number of halogens is 1. The van der Waals surface area contributed by atoms with Gasteiger partial charge in [0.1, 0.15) is 5.82 Å². The minimum atomic E-state index is -0.314. The van der Waals surface area contributed by atoms with Crippen molar-refractivity contribution in [3.63, 3.8) is 0 Å². The quantitative estimate of drug-likeness (QED) is 0.603. The van der Waals surface area contributed by atoms with Crippen LogP contribution in [0.5, 0.6) is 0 Å². The molecule has 0 saturated carbocycles. The molecule has 1 amide bonds.